The first-order valence-corrected chi connectivity index (χ1v) is 9.15. The number of rotatable bonds is 9. The summed E-state index contributed by atoms with van der Waals surface area (Å²) in [4.78, 5) is 13.3. The van der Waals surface area contributed by atoms with Crippen LogP contribution in [-0.2, 0) is 11.3 Å². The Hall–Kier alpha value is -3.75. The average Bonchev–Trinajstić information content (AvgIpc) is 3.21. The smallest absolute Gasteiger partial charge is 0.263 e. The number of nitrogens with one attached hydrogen (secondary N) is 1. The minimum Gasteiger partial charge on any atom is -0.493 e. The second kappa shape index (κ2) is 9.98. The van der Waals surface area contributed by atoms with Crippen molar-refractivity contribution in [2.75, 3.05) is 13.7 Å². The van der Waals surface area contributed by atoms with Crippen molar-refractivity contribution in [1.82, 2.24) is 25.6 Å². The fraction of sp³-hybridized carbons (Fsp3) is 0.250. The maximum atomic E-state index is 12.0. The monoisotopic (exact) mass is 394 g/mol. The van der Waals surface area contributed by atoms with Crippen LogP contribution in [0, 0.1) is 0 Å². The highest BCUT2D eigenvalue weighted by Crippen LogP contribution is 2.27. The molecule has 9 heteroatoms. The van der Waals surface area contributed by atoms with Crippen molar-refractivity contribution < 1.29 is 14.3 Å². The van der Waals surface area contributed by atoms with Crippen LogP contribution >= 0.6 is 0 Å². The van der Waals surface area contributed by atoms with Crippen molar-refractivity contribution in [3.63, 3.8) is 0 Å². The van der Waals surface area contributed by atoms with Crippen molar-refractivity contribution in [2.45, 2.75) is 19.9 Å². The molecular formula is C20H22N6O3. The first kappa shape index (κ1) is 20.0. The number of methoxy groups -OCH3 is 1. The van der Waals surface area contributed by atoms with Gasteiger partial charge in [0.2, 0.25) is 5.82 Å². The van der Waals surface area contributed by atoms with Gasteiger partial charge in [0.25, 0.3) is 5.91 Å². The molecule has 1 N–H and O–H groups in total. The third-order valence-corrected chi connectivity index (χ3v) is 3.82. The van der Waals surface area contributed by atoms with E-state index in [9.17, 15) is 4.79 Å². The second-order valence-electron chi connectivity index (χ2n) is 6.06. The summed E-state index contributed by atoms with van der Waals surface area (Å²) >= 11 is 0. The number of ether oxygens (including phenoxy) is 2. The van der Waals surface area contributed by atoms with Crippen LogP contribution in [0.5, 0.6) is 11.5 Å². The van der Waals surface area contributed by atoms with E-state index in [1.165, 1.54) is 11.0 Å². The van der Waals surface area contributed by atoms with Crippen molar-refractivity contribution in [3.05, 3.63) is 54.1 Å². The van der Waals surface area contributed by atoms with E-state index in [4.69, 9.17) is 9.47 Å². The fourth-order valence-electron chi connectivity index (χ4n) is 2.45. The molecule has 0 aliphatic rings. The summed E-state index contributed by atoms with van der Waals surface area (Å²) in [5, 5.41) is 16.0. The Kier molecular flexibility index (Phi) is 6.88. The molecule has 2 aromatic carbocycles. The molecule has 1 amide bonds. The van der Waals surface area contributed by atoms with Gasteiger partial charge in [-0.3, -0.25) is 4.79 Å². The molecule has 0 bridgehead atoms. The number of carbonyl (C=O) groups excluding carboxylic acids is 1. The third kappa shape index (κ3) is 5.61. The number of hydrazone groups is 1. The molecule has 3 rings (SSSR count). The lowest BCUT2D eigenvalue weighted by Gasteiger charge is -2.10. The number of carbonyl (C=O) groups is 1. The van der Waals surface area contributed by atoms with Crippen LogP contribution in [0.15, 0.2) is 53.6 Å². The van der Waals surface area contributed by atoms with Crippen LogP contribution in [0.4, 0.5) is 0 Å². The van der Waals surface area contributed by atoms with Crippen molar-refractivity contribution in [3.8, 4) is 22.9 Å². The summed E-state index contributed by atoms with van der Waals surface area (Å²) in [7, 11) is 1.58. The molecule has 0 unspecified atom stereocenters. The lowest BCUT2D eigenvalue weighted by Crippen LogP contribution is -2.24. The standard InChI is InChI=1S/C20H22N6O3/c1-3-11-29-17-10-9-15(12-18(17)28-2)13-21-22-19(27)14-26-24-20(23-25-26)16-7-5-4-6-8-16/h4-10,12-13H,3,11,14H2,1-2H3,(H,22,27)/b21-13+. The largest absolute Gasteiger partial charge is 0.493 e. The van der Waals surface area contributed by atoms with Gasteiger partial charge in [0.1, 0.15) is 6.54 Å². The zero-order valence-electron chi connectivity index (χ0n) is 16.3. The molecule has 29 heavy (non-hydrogen) atoms. The summed E-state index contributed by atoms with van der Waals surface area (Å²) in [6, 6.07) is 14.8. The third-order valence-electron chi connectivity index (χ3n) is 3.82. The van der Waals surface area contributed by atoms with Crippen LogP contribution in [0.25, 0.3) is 11.4 Å². The summed E-state index contributed by atoms with van der Waals surface area (Å²) in [6.07, 6.45) is 2.43. The normalized spacial score (nSPS) is 10.8. The van der Waals surface area contributed by atoms with Gasteiger partial charge in [0, 0.05) is 5.56 Å². The number of hydrogen-bond acceptors (Lipinski definition) is 7. The van der Waals surface area contributed by atoms with Crippen molar-refractivity contribution >= 4 is 12.1 Å². The predicted octanol–water partition coefficient (Wildman–Crippen LogP) is 2.29. The summed E-state index contributed by atoms with van der Waals surface area (Å²) in [5.74, 6) is 1.36. The van der Waals surface area contributed by atoms with E-state index in [-0.39, 0.29) is 12.5 Å². The van der Waals surface area contributed by atoms with Gasteiger partial charge in [-0.25, -0.2) is 5.43 Å². The molecule has 0 atom stereocenters. The molecule has 0 saturated carbocycles. The predicted molar refractivity (Wildman–Crippen MR) is 108 cm³/mol. The number of amides is 1. The molecule has 0 aliphatic carbocycles. The lowest BCUT2D eigenvalue weighted by molar-refractivity contribution is -0.122. The summed E-state index contributed by atoms with van der Waals surface area (Å²) in [5.41, 5.74) is 4.04. The van der Waals surface area contributed by atoms with Gasteiger partial charge in [0.15, 0.2) is 11.5 Å². The molecule has 3 aromatic rings. The molecule has 0 spiro atoms. The highest BCUT2D eigenvalue weighted by Gasteiger charge is 2.09. The Morgan fingerprint density at radius 3 is 2.79 bits per heavy atom. The number of tetrazole rings is 1. The Bertz CT molecular complexity index is 971. The number of hydrogen-bond donors (Lipinski definition) is 1. The second-order valence-corrected chi connectivity index (χ2v) is 6.06. The topological polar surface area (TPSA) is 104 Å². The number of benzene rings is 2. The first-order valence-electron chi connectivity index (χ1n) is 9.15. The SMILES string of the molecule is CCCOc1ccc(/C=N/NC(=O)Cn2nnc(-c3ccccc3)n2)cc1OC. The zero-order valence-corrected chi connectivity index (χ0v) is 16.3. The Labute approximate surface area is 168 Å². The van der Waals surface area contributed by atoms with E-state index in [1.54, 1.807) is 13.2 Å². The van der Waals surface area contributed by atoms with E-state index in [0.29, 0.717) is 23.9 Å². The molecule has 0 saturated heterocycles. The molecule has 0 radical (unpaired) electrons. The van der Waals surface area contributed by atoms with Gasteiger partial charge in [-0.15, -0.1) is 10.2 Å². The van der Waals surface area contributed by atoms with Crippen LogP contribution in [0.2, 0.25) is 0 Å². The van der Waals surface area contributed by atoms with Crippen molar-refractivity contribution in [2.24, 2.45) is 5.10 Å². The van der Waals surface area contributed by atoms with Gasteiger partial charge >= 0.3 is 0 Å². The molecule has 1 heterocycles. The summed E-state index contributed by atoms with van der Waals surface area (Å²) in [6.45, 7) is 2.56. The summed E-state index contributed by atoms with van der Waals surface area (Å²) < 4.78 is 10.9. The van der Waals surface area contributed by atoms with Crippen LogP contribution in [0.3, 0.4) is 0 Å². The number of nitrogens with zero attached hydrogens (tertiary/aromatic N) is 5. The first-order chi connectivity index (χ1) is 14.2. The van der Waals surface area contributed by atoms with E-state index in [2.05, 4.69) is 25.9 Å². The Morgan fingerprint density at radius 1 is 1.21 bits per heavy atom. The van der Waals surface area contributed by atoms with Crippen LogP contribution in [0.1, 0.15) is 18.9 Å². The molecule has 0 aliphatic heterocycles. The zero-order chi connectivity index (χ0) is 20.5. The Balaban J connectivity index is 1.55. The lowest BCUT2D eigenvalue weighted by atomic mass is 10.2. The van der Waals surface area contributed by atoms with E-state index in [1.807, 2.05) is 49.4 Å². The molecule has 1 aromatic heterocycles. The maximum absolute atomic E-state index is 12.0. The van der Waals surface area contributed by atoms with E-state index >= 15 is 0 Å². The molecule has 150 valence electrons. The molecule has 9 nitrogen and oxygen atoms in total. The van der Waals surface area contributed by atoms with Gasteiger partial charge < -0.3 is 9.47 Å². The van der Waals surface area contributed by atoms with E-state index in [0.717, 1.165) is 17.5 Å². The van der Waals surface area contributed by atoms with Crippen LogP contribution < -0.4 is 14.9 Å². The minimum absolute atomic E-state index is 0.0930. The number of aromatic nitrogens is 4. The highest BCUT2D eigenvalue weighted by molar-refractivity contribution is 5.83. The fourth-order valence-corrected chi connectivity index (χ4v) is 2.45. The maximum Gasteiger partial charge on any atom is 0.263 e. The highest BCUT2D eigenvalue weighted by atomic mass is 16.5. The van der Waals surface area contributed by atoms with E-state index < -0.39 is 0 Å². The van der Waals surface area contributed by atoms with Gasteiger partial charge in [-0.1, -0.05) is 37.3 Å². The van der Waals surface area contributed by atoms with Gasteiger partial charge in [-0.05, 0) is 35.4 Å². The van der Waals surface area contributed by atoms with Gasteiger partial charge in [-0.2, -0.15) is 9.90 Å². The quantitative estimate of drug-likeness (QED) is 0.441. The average molecular weight is 394 g/mol. The van der Waals surface area contributed by atoms with Gasteiger partial charge in [0.05, 0.1) is 19.9 Å². The Morgan fingerprint density at radius 2 is 2.03 bits per heavy atom. The molecular weight excluding hydrogens is 372 g/mol. The van der Waals surface area contributed by atoms with Crippen molar-refractivity contribution in [1.29, 1.82) is 0 Å². The van der Waals surface area contributed by atoms with Crippen LogP contribution in [-0.4, -0.2) is 46.0 Å². The minimum atomic E-state index is -0.367. The molecule has 0 fully saturated rings.